The molecule has 0 atom stereocenters. The predicted molar refractivity (Wildman–Crippen MR) is 124 cm³/mol. The van der Waals surface area contributed by atoms with Gasteiger partial charge in [0.1, 0.15) is 0 Å². The molecule has 1 saturated heterocycles. The molecule has 3 N–H and O–H groups in total. The minimum atomic E-state index is -0.341. The van der Waals surface area contributed by atoms with E-state index in [0.717, 1.165) is 48.6 Å². The summed E-state index contributed by atoms with van der Waals surface area (Å²) in [5, 5.41) is 7.58. The molecule has 1 amide bonds. The number of nitrogens with one attached hydrogen (secondary N) is 3. The third kappa shape index (κ3) is 4.30. The van der Waals surface area contributed by atoms with E-state index < -0.39 is 0 Å². The van der Waals surface area contributed by atoms with Gasteiger partial charge < -0.3 is 15.5 Å². The average Bonchev–Trinajstić information content (AvgIpc) is 3.22. The molecule has 0 radical (unpaired) electrons. The topological polar surface area (TPSA) is 101 Å². The lowest BCUT2D eigenvalue weighted by atomic mass is 10.1. The second-order valence-corrected chi connectivity index (χ2v) is 7.99. The number of nitrogens with zero attached hydrogens (tertiary/aromatic N) is 3. The summed E-state index contributed by atoms with van der Waals surface area (Å²) in [6.07, 6.45) is 3.42. The first-order valence-corrected chi connectivity index (χ1v) is 10.7. The molecule has 3 aromatic rings. The van der Waals surface area contributed by atoms with E-state index in [0.29, 0.717) is 11.1 Å². The number of hydrogen-bond acceptors (Lipinski definition) is 7. The second kappa shape index (κ2) is 9.37. The van der Waals surface area contributed by atoms with Crippen LogP contribution in [0.3, 0.4) is 0 Å². The number of hydroxylamine groups is 1. The highest BCUT2D eigenvalue weighted by molar-refractivity contribution is 6.08. The number of pyridine rings is 1. The molecule has 1 aliphatic rings. The number of amides is 1. The summed E-state index contributed by atoms with van der Waals surface area (Å²) in [5.41, 5.74) is 4.78. The van der Waals surface area contributed by atoms with Gasteiger partial charge in [-0.25, -0.2) is 10.5 Å². The van der Waals surface area contributed by atoms with Crippen LogP contribution in [0.2, 0.25) is 0 Å². The van der Waals surface area contributed by atoms with Crippen molar-refractivity contribution in [2.75, 3.05) is 43.5 Å². The van der Waals surface area contributed by atoms with Crippen molar-refractivity contribution in [3.8, 4) is 0 Å². The zero-order chi connectivity index (χ0) is 22.7. The van der Waals surface area contributed by atoms with Gasteiger partial charge in [0.25, 0.3) is 11.8 Å². The first kappa shape index (κ1) is 21.8. The quantitative estimate of drug-likeness (QED) is 0.510. The monoisotopic (exact) mass is 436 g/mol. The summed E-state index contributed by atoms with van der Waals surface area (Å²) in [6.45, 7) is 7.50. The molecule has 4 rings (SSSR count). The van der Waals surface area contributed by atoms with E-state index in [-0.39, 0.29) is 17.9 Å². The second-order valence-electron chi connectivity index (χ2n) is 7.99. The molecule has 1 fully saturated rings. The maximum Gasteiger partial charge on any atom is 0.274 e. The molecule has 3 heterocycles. The standard InChI is InChI=1S/C23H28N6O3/c1-15(2)26-20-18(6-8-25-21(20)28-12-9-24-10-13-28)23(31)29-11-7-16-14-17(4-5-19(16)29)22(30)27-32-3/h4-8,11,14-15,24,26H,9-10,12-13H2,1-3H3,(H,27,30). The van der Waals surface area contributed by atoms with Crippen LogP contribution in [0, 0.1) is 0 Å². The normalized spacial score (nSPS) is 14.1. The molecule has 32 heavy (non-hydrogen) atoms. The first-order chi connectivity index (χ1) is 15.5. The van der Waals surface area contributed by atoms with E-state index in [1.807, 2.05) is 19.9 Å². The fraction of sp³-hybridized carbons (Fsp3) is 0.348. The zero-order valence-corrected chi connectivity index (χ0v) is 18.5. The minimum Gasteiger partial charge on any atom is -0.379 e. The van der Waals surface area contributed by atoms with Crippen LogP contribution in [0.4, 0.5) is 11.5 Å². The average molecular weight is 437 g/mol. The van der Waals surface area contributed by atoms with Gasteiger partial charge in [0.2, 0.25) is 0 Å². The maximum absolute atomic E-state index is 13.6. The van der Waals surface area contributed by atoms with Gasteiger partial charge in [0, 0.05) is 55.6 Å². The molecule has 9 nitrogen and oxygen atoms in total. The van der Waals surface area contributed by atoms with Crippen molar-refractivity contribution in [3.63, 3.8) is 0 Å². The Labute approximate surface area is 186 Å². The largest absolute Gasteiger partial charge is 0.379 e. The molecule has 168 valence electrons. The van der Waals surface area contributed by atoms with Crippen molar-refractivity contribution >= 4 is 34.2 Å². The Morgan fingerprint density at radius 2 is 1.94 bits per heavy atom. The highest BCUT2D eigenvalue weighted by Crippen LogP contribution is 2.30. The van der Waals surface area contributed by atoms with Gasteiger partial charge in [0.05, 0.1) is 23.9 Å². The lowest BCUT2D eigenvalue weighted by Gasteiger charge is -2.31. The Balaban J connectivity index is 1.74. The lowest BCUT2D eigenvalue weighted by molar-refractivity contribution is 0.0538. The van der Waals surface area contributed by atoms with E-state index in [2.05, 4.69) is 26.0 Å². The van der Waals surface area contributed by atoms with Crippen LogP contribution in [0.15, 0.2) is 42.7 Å². The summed E-state index contributed by atoms with van der Waals surface area (Å²) >= 11 is 0. The van der Waals surface area contributed by atoms with Crippen molar-refractivity contribution < 1.29 is 14.4 Å². The van der Waals surface area contributed by atoms with Crippen LogP contribution >= 0.6 is 0 Å². The van der Waals surface area contributed by atoms with Crippen LogP contribution in [0.1, 0.15) is 34.6 Å². The van der Waals surface area contributed by atoms with Gasteiger partial charge in [-0.15, -0.1) is 0 Å². The fourth-order valence-corrected chi connectivity index (χ4v) is 3.92. The summed E-state index contributed by atoms with van der Waals surface area (Å²) < 4.78 is 1.61. The Morgan fingerprint density at radius 1 is 1.16 bits per heavy atom. The van der Waals surface area contributed by atoms with Crippen LogP contribution in [0.25, 0.3) is 10.9 Å². The zero-order valence-electron chi connectivity index (χ0n) is 18.5. The summed E-state index contributed by atoms with van der Waals surface area (Å²) in [4.78, 5) is 37.2. The first-order valence-electron chi connectivity index (χ1n) is 10.7. The van der Waals surface area contributed by atoms with Crippen molar-refractivity contribution in [3.05, 3.63) is 53.9 Å². The van der Waals surface area contributed by atoms with Crippen molar-refractivity contribution in [2.24, 2.45) is 0 Å². The third-order valence-corrected chi connectivity index (χ3v) is 5.38. The molecule has 9 heteroatoms. The molecule has 2 aromatic heterocycles. The molecule has 0 unspecified atom stereocenters. The maximum atomic E-state index is 13.6. The van der Waals surface area contributed by atoms with Gasteiger partial charge >= 0.3 is 0 Å². The third-order valence-electron chi connectivity index (χ3n) is 5.38. The molecule has 0 saturated carbocycles. The molecule has 0 bridgehead atoms. The number of rotatable bonds is 6. The van der Waals surface area contributed by atoms with E-state index in [4.69, 9.17) is 4.84 Å². The summed E-state index contributed by atoms with van der Waals surface area (Å²) in [7, 11) is 1.39. The molecule has 1 aliphatic heterocycles. The van der Waals surface area contributed by atoms with Crippen molar-refractivity contribution in [2.45, 2.75) is 19.9 Å². The fourth-order valence-electron chi connectivity index (χ4n) is 3.92. The Bertz CT molecular complexity index is 1130. The molecule has 0 aliphatic carbocycles. The van der Waals surface area contributed by atoms with Gasteiger partial charge in [-0.3, -0.25) is 19.0 Å². The smallest absolute Gasteiger partial charge is 0.274 e. The summed E-state index contributed by atoms with van der Waals surface area (Å²) in [6, 6.07) is 8.89. The molecule has 1 aromatic carbocycles. The van der Waals surface area contributed by atoms with Gasteiger partial charge in [-0.05, 0) is 44.2 Å². The molecule has 0 spiro atoms. The minimum absolute atomic E-state index is 0.135. The Kier molecular flexibility index (Phi) is 6.38. The number of carbonyl (C=O) groups excluding carboxylic acids is 2. The number of carbonyl (C=O) groups is 2. The van der Waals surface area contributed by atoms with Gasteiger partial charge in [-0.2, -0.15) is 0 Å². The van der Waals surface area contributed by atoms with Gasteiger partial charge in [-0.1, -0.05) is 0 Å². The number of piperazine rings is 1. The number of anilines is 2. The van der Waals surface area contributed by atoms with E-state index in [1.165, 1.54) is 7.11 Å². The van der Waals surface area contributed by atoms with Crippen molar-refractivity contribution in [1.29, 1.82) is 0 Å². The van der Waals surface area contributed by atoms with Crippen molar-refractivity contribution in [1.82, 2.24) is 20.3 Å². The SMILES string of the molecule is CONC(=O)c1ccc2c(ccn2C(=O)c2ccnc(N3CCNCC3)c2NC(C)C)c1. The predicted octanol–water partition coefficient (Wildman–Crippen LogP) is 2.25. The van der Waals surface area contributed by atoms with Crippen LogP contribution in [-0.4, -0.2) is 60.7 Å². The highest BCUT2D eigenvalue weighted by Gasteiger charge is 2.23. The van der Waals surface area contributed by atoms with E-state index >= 15 is 0 Å². The lowest BCUT2D eigenvalue weighted by Crippen LogP contribution is -2.44. The Morgan fingerprint density at radius 3 is 2.66 bits per heavy atom. The summed E-state index contributed by atoms with van der Waals surface area (Å²) in [5.74, 6) is 0.295. The number of aromatic nitrogens is 2. The number of fused-ring (bicyclic) bond motifs is 1. The number of hydrogen-bond donors (Lipinski definition) is 3. The van der Waals surface area contributed by atoms with E-state index in [9.17, 15) is 9.59 Å². The molecular formula is C23H28N6O3. The number of benzene rings is 1. The Hall–Kier alpha value is -3.43. The van der Waals surface area contributed by atoms with Crippen LogP contribution in [-0.2, 0) is 4.84 Å². The van der Waals surface area contributed by atoms with Crippen LogP contribution < -0.4 is 21.0 Å². The van der Waals surface area contributed by atoms with Crippen LogP contribution in [0.5, 0.6) is 0 Å². The molecular weight excluding hydrogens is 408 g/mol. The highest BCUT2D eigenvalue weighted by atomic mass is 16.6. The van der Waals surface area contributed by atoms with E-state index in [1.54, 1.807) is 41.2 Å². The van der Waals surface area contributed by atoms with Gasteiger partial charge in [0.15, 0.2) is 5.82 Å².